The molecule has 0 bridgehead atoms. The van der Waals surface area contributed by atoms with Crippen molar-refractivity contribution in [3.8, 4) is 0 Å². The third-order valence-corrected chi connectivity index (χ3v) is 3.08. The fraction of sp³-hybridized carbons (Fsp3) is 0.273. The summed E-state index contributed by atoms with van der Waals surface area (Å²) >= 11 is 3.16. The van der Waals surface area contributed by atoms with Crippen LogP contribution in [0.3, 0.4) is 0 Å². The lowest BCUT2D eigenvalue weighted by Gasteiger charge is -2.03. The van der Waals surface area contributed by atoms with Gasteiger partial charge in [-0.05, 0) is 35.8 Å². The van der Waals surface area contributed by atoms with E-state index in [0.29, 0.717) is 22.5 Å². The van der Waals surface area contributed by atoms with Crippen molar-refractivity contribution in [2.45, 2.75) is 20.4 Å². The highest BCUT2D eigenvalue weighted by Crippen LogP contribution is 2.18. The maximum absolute atomic E-state index is 11.8. The number of rotatable bonds is 3. The molecule has 0 saturated carbocycles. The standard InChI is InChI=1S/C11H11BrN2O3/c1-6-9(7(2)17-14-6)5-13-11(15)8-3-4-16-10(8)12/h3-4H,5H2,1-2H3,(H,13,15). The molecule has 90 valence electrons. The van der Waals surface area contributed by atoms with Gasteiger partial charge in [0, 0.05) is 12.1 Å². The Labute approximate surface area is 106 Å². The molecule has 2 aromatic rings. The van der Waals surface area contributed by atoms with Gasteiger partial charge in [0.05, 0.1) is 17.5 Å². The second-order valence-electron chi connectivity index (χ2n) is 3.59. The van der Waals surface area contributed by atoms with Crippen LogP contribution in [-0.4, -0.2) is 11.1 Å². The van der Waals surface area contributed by atoms with Gasteiger partial charge < -0.3 is 14.3 Å². The Morgan fingerprint density at radius 1 is 1.53 bits per heavy atom. The van der Waals surface area contributed by atoms with Crippen LogP contribution in [0.5, 0.6) is 0 Å². The van der Waals surface area contributed by atoms with Crippen LogP contribution in [0.4, 0.5) is 0 Å². The van der Waals surface area contributed by atoms with Crippen molar-refractivity contribution in [1.82, 2.24) is 10.5 Å². The van der Waals surface area contributed by atoms with Crippen molar-refractivity contribution in [3.05, 3.63) is 39.6 Å². The highest BCUT2D eigenvalue weighted by molar-refractivity contribution is 9.10. The molecule has 0 fully saturated rings. The van der Waals surface area contributed by atoms with Crippen LogP contribution in [0, 0.1) is 13.8 Å². The van der Waals surface area contributed by atoms with Gasteiger partial charge in [-0.25, -0.2) is 0 Å². The maximum atomic E-state index is 11.8. The number of aromatic nitrogens is 1. The summed E-state index contributed by atoms with van der Waals surface area (Å²) in [5.41, 5.74) is 2.16. The van der Waals surface area contributed by atoms with E-state index in [1.165, 1.54) is 6.26 Å². The predicted octanol–water partition coefficient (Wildman–Crippen LogP) is 2.58. The number of carbonyl (C=O) groups excluding carboxylic acids is 1. The lowest BCUT2D eigenvalue weighted by atomic mass is 10.2. The van der Waals surface area contributed by atoms with Crippen LogP contribution in [-0.2, 0) is 6.54 Å². The Kier molecular flexibility index (Phi) is 3.33. The van der Waals surface area contributed by atoms with Crippen LogP contribution in [0.2, 0.25) is 0 Å². The van der Waals surface area contributed by atoms with E-state index < -0.39 is 0 Å². The summed E-state index contributed by atoms with van der Waals surface area (Å²) in [5, 5.41) is 6.60. The Morgan fingerprint density at radius 2 is 2.29 bits per heavy atom. The van der Waals surface area contributed by atoms with Crippen LogP contribution in [0.15, 0.2) is 25.9 Å². The van der Waals surface area contributed by atoms with Crippen molar-refractivity contribution in [1.29, 1.82) is 0 Å². The smallest absolute Gasteiger partial charge is 0.256 e. The first-order valence-electron chi connectivity index (χ1n) is 5.02. The topological polar surface area (TPSA) is 68.3 Å². The van der Waals surface area contributed by atoms with Gasteiger partial charge >= 0.3 is 0 Å². The fourth-order valence-electron chi connectivity index (χ4n) is 1.47. The number of carbonyl (C=O) groups is 1. The van der Waals surface area contributed by atoms with Crippen molar-refractivity contribution in [3.63, 3.8) is 0 Å². The molecule has 0 radical (unpaired) electrons. The first kappa shape index (κ1) is 11.9. The number of aryl methyl sites for hydroxylation is 2. The lowest BCUT2D eigenvalue weighted by molar-refractivity contribution is 0.0949. The van der Waals surface area contributed by atoms with E-state index in [1.54, 1.807) is 6.07 Å². The van der Waals surface area contributed by atoms with Crippen molar-refractivity contribution < 1.29 is 13.7 Å². The Morgan fingerprint density at radius 3 is 2.82 bits per heavy atom. The quantitative estimate of drug-likeness (QED) is 0.945. The highest BCUT2D eigenvalue weighted by atomic mass is 79.9. The molecule has 2 aromatic heterocycles. The van der Waals surface area contributed by atoms with Crippen molar-refractivity contribution in [2.24, 2.45) is 0 Å². The molecule has 0 aromatic carbocycles. The SMILES string of the molecule is Cc1noc(C)c1CNC(=O)c1ccoc1Br. The van der Waals surface area contributed by atoms with Crippen molar-refractivity contribution >= 4 is 21.8 Å². The summed E-state index contributed by atoms with van der Waals surface area (Å²) in [6.45, 7) is 4.04. The fourth-order valence-corrected chi connectivity index (χ4v) is 1.89. The van der Waals surface area contributed by atoms with Crippen LogP contribution >= 0.6 is 15.9 Å². The van der Waals surface area contributed by atoms with Gasteiger partial charge in [0.2, 0.25) is 0 Å². The van der Waals surface area contributed by atoms with Gasteiger partial charge in [-0.3, -0.25) is 4.79 Å². The van der Waals surface area contributed by atoms with E-state index >= 15 is 0 Å². The molecule has 0 spiro atoms. The second-order valence-corrected chi connectivity index (χ2v) is 4.31. The van der Waals surface area contributed by atoms with Gasteiger partial charge in [0.25, 0.3) is 5.91 Å². The number of hydrogen-bond donors (Lipinski definition) is 1. The predicted molar refractivity (Wildman–Crippen MR) is 63.6 cm³/mol. The minimum atomic E-state index is -0.203. The highest BCUT2D eigenvalue weighted by Gasteiger charge is 2.14. The Balaban J connectivity index is 2.05. The van der Waals surface area contributed by atoms with Crippen molar-refractivity contribution in [2.75, 3.05) is 0 Å². The van der Waals surface area contributed by atoms with E-state index in [1.807, 2.05) is 13.8 Å². The number of furan rings is 1. The largest absolute Gasteiger partial charge is 0.457 e. The molecule has 5 nitrogen and oxygen atoms in total. The molecule has 6 heteroatoms. The van der Waals surface area contributed by atoms with E-state index in [-0.39, 0.29) is 5.91 Å². The molecule has 0 saturated heterocycles. The number of hydrogen-bond acceptors (Lipinski definition) is 4. The number of halogens is 1. The van der Waals surface area contributed by atoms with Gasteiger partial charge in [-0.2, -0.15) is 0 Å². The molecule has 0 atom stereocenters. The maximum Gasteiger partial charge on any atom is 0.256 e. The third kappa shape index (κ3) is 2.41. The zero-order chi connectivity index (χ0) is 12.4. The third-order valence-electron chi connectivity index (χ3n) is 2.47. The van der Waals surface area contributed by atoms with Gasteiger partial charge in [-0.1, -0.05) is 5.16 Å². The zero-order valence-corrected chi connectivity index (χ0v) is 11.0. The Hall–Kier alpha value is -1.56. The lowest BCUT2D eigenvalue weighted by Crippen LogP contribution is -2.23. The first-order chi connectivity index (χ1) is 8.09. The molecule has 1 amide bonds. The summed E-state index contributed by atoms with van der Waals surface area (Å²) in [7, 11) is 0. The van der Waals surface area contributed by atoms with Crippen LogP contribution in [0.1, 0.15) is 27.4 Å². The number of amides is 1. The molecule has 1 N–H and O–H groups in total. The normalized spacial score (nSPS) is 10.5. The molecule has 0 aliphatic carbocycles. The molecule has 17 heavy (non-hydrogen) atoms. The van der Waals surface area contributed by atoms with Crippen LogP contribution in [0.25, 0.3) is 0 Å². The van der Waals surface area contributed by atoms with Gasteiger partial charge in [0.15, 0.2) is 4.67 Å². The monoisotopic (exact) mass is 298 g/mol. The number of nitrogens with zero attached hydrogens (tertiary/aromatic N) is 1. The van der Waals surface area contributed by atoms with E-state index in [4.69, 9.17) is 8.94 Å². The minimum absolute atomic E-state index is 0.203. The average molecular weight is 299 g/mol. The van der Waals surface area contributed by atoms with Gasteiger partial charge in [0.1, 0.15) is 5.76 Å². The summed E-state index contributed by atoms with van der Waals surface area (Å²) in [6.07, 6.45) is 1.45. The van der Waals surface area contributed by atoms with Gasteiger partial charge in [-0.15, -0.1) is 0 Å². The van der Waals surface area contributed by atoms with E-state index in [9.17, 15) is 4.79 Å². The first-order valence-corrected chi connectivity index (χ1v) is 5.82. The molecule has 0 unspecified atom stereocenters. The summed E-state index contributed by atoms with van der Waals surface area (Å²) in [4.78, 5) is 11.8. The molecule has 0 aliphatic rings. The van der Waals surface area contributed by atoms with Crippen LogP contribution < -0.4 is 5.32 Å². The van der Waals surface area contributed by atoms with E-state index in [2.05, 4.69) is 26.4 Å². The number of nitrogens with one attached hydrogen (secondary N) is 1. The summed E-state index contributed by atoms with van der Waals surface area (Å²) < 4.78 is 10.4. The average Bonchev–Trinajstić information content (AvgIpc) is 2.84. The molecule has 0 aliphatic heterocycles. The zero-order valence-electron chi connectivity index (χ0n) is 9.41. The molecular formula is C11H11BrN2O3. The summed E-state index contributed by atoms with van der Waals surface area (Å²) in [5.74, 6) is 0.514. The minimum Gasteiger partial charge on any atom is -0.457 e. The second kappa shape index (κ2) is 4.75. The summed E-state index contributed by atoms with van der Waals surface area (Å²) in [6, 6.07) is 1.60. The molecular weight excluding hydrogens is 288 g/mol. The van der Waals surface area contributed by atoms with E-state index in [0.717, 1.165) is 11.3 Å². The molecule has 2 rings (SSSR count). The molecule has 2 heterocycles. The Bertz CT molecular complexity index is 525.